The van der Waals surface area contributed by atoms with Gasteiger partial charge in [0, 0.05) is 17.0 Å². The molecule has 128 valence electrons. The maximum absolute atomic E-state index is 12.1. The maximum Gasteiger partial charge on any atom is 0.317 e. The van der Waals surface area contributed by atoms with Crippen molar-refractivity contribution in [2.45, 2.75) is 26.8 Å². The molecule has 0 aliphatic heterocycles. The van der Waals surface area contributed by atoms with E-state index in [0.717, 1.165) is 11.3 Å². The monoisotopic (exact) mass is 347 g/mol. The lowest BCUT2D eigenvalue weighted by Crippen LogP contribution is -2.41. The molecule has 2 aromatic rings. The Bertz CT molecular complexity index is 710. The summed E-state index contributed by atoms with van der Waals surface area (Å²) in [4.78, 5) is 29.0. The van der Waals surface area contributed by atoms with Gasteiger partial charge in [-0.25, -0.2) is 4.98 Å². The van der Waals surface area contributed by atoms with Gasteiger partial charge in [0.15, 0.2) is 5.13 Å². The van der Waals surface area contributed by atoms with Gasteiger partial charge in [0.1, 0.15) is 0 Å². The third-order valence-electron chi connectivity index (χ3n) is 3.51. The van der Waals surface area contributed by atoms with E-state index in [4.69, 9.17) is 5.11 Å². The van der Waals surface area contributed by atoms with Crippen molar-refractivity contribution in [1.82, 2.24) is 9.88 Å². The number of amides is 1. The first kappa shape index (κ1) is 18.1. The zero-order valence-electron chi connectivity index (χ0n) is 13.9. The molecule has 0 fully saturated rings. The van der Waals surface area contributed by atoms with Crippen molar-refractivity contribution < 1.29 is 14.7 Å². The maximum atomic E-state index is 12.1. The number of aliphatic carboxylic acids is 1. The van der Waals surface area contributed by atoms with Gasteiger partial charge >= 0.3 is 5.97 Å². The Morgan fingerprint density at radius 1 is 1.25 bits per heavy atom. The van der Waals surface area contributed by atoms with E-state index in [-0.39, 0.29) is 25.0 Å². The minimum Gasteiger partial charge on any atom is -0.480 e. The van der Waals surface area contributed by atoms with E-state index in [2.05, 4.69) is 10.3 Å². The van der Waals surface area contributed by atoms with Crippen LogP contribution in [-0.2, 0) is 9.59 Å². The van der Waals surface area contributed by atoms with Crippen LogP contribution in [0.4, 0.5) is 5.13 Å². The number of carbonyl (C=O) groups excluding carboxylic acids is 1. The van der Waals surface area contributed by atoms with E-state index in [1.807, 2.05) is 50.4 Å². The van der Waals surface area contributed by atoms with Gasteiger partial charge < -0.3 is 10.4 Å². The summed E-state index contributed by atoms with van der Waals surface area (Å²) in [6.07, 6.45) is 0. The molecule has 1 aromatic heterocycles. The van der Waals surface area contributed by atoms with E-state index >= 15 is 0 Å². The largest absolute Gasteiger partial charge is 0.480 e. The molecule has 7 heteroatoms. The van der Waals surface area contributed by atoms with Crippen LogP contribution in [0, 0.1) is 6.92 Å². The standard InChI is InChI=1S/C17H21N3O3S/c1-11(2)20(9-16(22)23)8-15(21)19-17-18-14(10-24-17)13-6-4-12(3)5-7-13/h4-7,10-11H,8-9H2,1-3H3,(H,22,23)(H,18,19,21). The molecule has 0 unspecified atom stereocenters. The zero-order chi connectivity index (χ0) is 17.7. The molecule has 0 aliphatic carbocycles. The summed E-state index contributed by atoms with van der Waals surface area (Å²) in [5.41, 5.74) is 2.98. The third-order valence-corrected chi connectivity index (χ3v) is 4.27. The van der Waals surface area contributed by atoms with Crippen molar-refractivity contribution >= 4 is 28.3 Å². The molecule has 0 bridgehead atoms. The van der Waals surface area contributed by atoms with Gasteiger partial charge in [-0.3, -0.25) is 14.5 Å². The number of anilines is 1. The van der Waals surface area contributed by atoms with Crippen molar-refractivity contribution in [3.8, 4) is 11.3 Å². The number of carboxylic acid groups (broad SMARTS) is 1. The molecule has 0 spiro atoms. The van der Waals surface area contributed by atoms with Crippen LogP contribution < -0.4 is 5.32 Å². The first-order valence-electron chi connectivity index (χ1n) is 7.63. The molecule has 1 aromatic carbocycles. The Labute approximate surface area is 145 Å². The molecule has 0 radical (unpaired) electrons. The number of aromatic nitrogens is 1. The molecule has 2 rings (SSSR count). The van der Waals surface area contributed by atoms with E-state index in [9.17, 15) is 9.59 Å². The summed E-state index contributed by atoms with van der Waals surface area (Å²) in [5.74, 6) is -1.22. The van der Waals surface area contributed by atoms with Crippen LogP contribution in [0.5, 0.6) is 0 Å². The van der Waals surface area contributed by atoms with Crippen LogP contribution in [-0.4, -0.2) is 46.0 Å². The molecule has 1 heterocycles. The van der Waals surface area contributed by atoms with Gasteiger partial charge in [-0.1, -0.05) is 29.8 Å². The number of nitrogens with one attached hydrogen (secondary N) is 1. The molecule has 24 heavy (non-hydrogen) atoms. The first-order valence-corrected chi connectivity index (χ1v) is 8.51. The number of rotatable bonds is 7. The molecule has 0 saturated carbocycles. The van der Waals surface area contributed by atoms with Crippen molar-refractivity contribution in [1.29, 1.82) is 0 Å². The van der Waals surface area contributed by atoms with Crippen LogP contribution in [0.2, 0.25) is 0 Å². The van der Waals surface area contributed by atoms with E-state index in [1.165, 1.54) is 16.9 Å². The van der Waals surface area contributed by atoms with Crippen LogP contribution in [0.25, 0.3) is 11.3 Å². The fourth-order valence-corrected chi connectivity index (χ4v) is 2.86. The summed E-state index contributed by atoms with van der Waals surface area (Å²) in [5, 5.41) is 14.0. The van der Waals surface area contributed by atoms with E-state index < -0.39 is 5.97 Å². The van der Waals surface area contributed by atoms with Gasteiger partial charge in [0.25, 0.3) is 0 Å². The number of carboxylic acids is 1. The first-order chi connectivity index (χ1) is 11.3. The van der Waals surface area contributed by atoms with Crippen molar-refractivity contribution in [3.63, 3.8) is 0 Å². The highest BCUT2D eigenvalue weighted by atomic mass is 32.1. The lowest BCUT2D eigenvalue weighted by atomic mass is 10.1. The molecule has 0 atom stereocenters. The van der Waals surface area contributed by atoms with Crippen molar-refractivity contribution in [3.05, 3.63) is 35.2 Å². The fourth-order valence-electron chi connectivity index (χ4n) is 2.13. The second kappa shape index (κ2) is 8.03. The smallest absolute Gasteiger partial charge is 0.317 e. The van der Waals surface area contributed by atoms with E-state index in [0.29, 0.717) is 5.13 Å². The number of benzene rings is 1. The summed E-state index contributed by atoms with van der Waals surface area (Å²) in [6.45, 7) is 5.58. The van der Waals surface area contributed by atoms with Crippen LogP contribution in [0.1, 0.15) is 19.4 Å². The Kier molecular flexibility index (Phi) is 6.05. The third kappa shape index (κ3) is 5.14. The molecule has 0 aliphatic rings. The second-order valence-corrected chi connectivity index (χ2v) is 6.70. The Morgan fingerprint density at radius 2 is 1.92 bits per heavy atom. The molecule has 1 amide bonds. The minimum absolute atomic E-state index is 0.0173. The average molecular weight is 347 g/mol. The predicted octanol–water partition coefficient (Wildman–Crippen LogP) is 2.85. The number of hydrogen-bond acceptors (Lipinski definition) is 5. The quantitative estimate of drug-likeness (QED) is 0.805. The highest BCUT2D eigenvalue weighted by molar-refractivity contribution is 7.14. The van der Waals surface area contributed by atoms with E-state index in [1.54, 1.807) is 4.90 Å². The molecule has 2 N–H and O–H groups in total. The highest BCUT2D eigenvalue weighted by Gasteiger charge is 2.17. The summed E-state index contributed by atoms with van der Waals surface area (Å²) >= 11 is 1.35. The number of thiazole rings is 1. The van der Waals surface area contributed by atoms with Crippen molar-refractivity contribution in [2.24, 2.45) is 0 Å². The Hall–Kier alpha value is -2.25. The summed E-state index contributed by atoms with van der Waals surface area (Å²) in [7, 11) is 0. The van der Waals surface area contributed by atoms with Gasteiger partial charge in [0.2, 0.25) is 5.91 Å². The molecule has 6 nitrogen and oxygen atoms in total. The average Bonchev–Trinajstić information content (AvgIpc) is 2.95. The fraction of sp³-hybridized carbons (Fsp3) is 0.353. The number of hydrogen-bond donors (Lipinski definition) is 2. The number of aryl methyl sites for hydroxylation is 1. The minimum atomic E-state index is -0.951. The van der Waals surface area contributed by atoms with Gasteiger partial charge in [-0.2, -0.15) is 0 Å². The zero-order valence-corrected chi connectivity index (χ0v) is 14.8. The molecular weight excluding hydrogens is 326 g/mol. The lowest BCUT2D eigenvalue weighted by molar-refractivity contribution is -0.139. The predicted molar refractivity (Wildman–Crippen MR) is 95.3 cm³/mol. The molecule has 0 saturated heterocycles. The number of nitrogens with zero attached hydrogens (tertiary/aromatic N) is 2. The van der Waals surface area contributed by atoms with Crippen LogP contribution in [0.3, 0.4) is 0 Å². The Balaban J connectivity index is 1.99. The van der Waals surface area contributed by atoms with Gasteiger partial charge in [-0.15, -0.1) is 11.3 Å². The Morgan fingerprint density at radius 3 is 2.50 bits per heavy atom. The highest BCUT2D eigenvalue weighted by Crippen LogP contribution is 2.25. The molecular formula is C17H21N3O3S. The van der Waals surface area contributed by atoms with Crippen LogP contribution >= 0.6 is 11.3 Å². The van der Waals surface area contributed by atoms with Gasteiger partial charge in [-0.05, 0) is 20.8 Å². The van der Waals surface area contributed by atoms with Crippen molar-refractivity contribution in [2.75, 3.05) is 18.4 Å². The topological polar surface area (TPSA) is 82.5 Å². The summed E-state index contributed by atoms with van der Waals surface area (Å²) < 4.78 is 0. The lowest BCUT2D eigenvalue weighted by Gasteiger charge is -2.23. The second-order valence-electron chi connectivity index (χ2n) is 5.84. The summed E-state index contributed by atoms with van der Waals surface area (Å²) in [6, 6.07) is 7.97. The van der Waals surface area contributed by atoms with Gasteiger partial charge in [0.05, 0.1) is 18.8 Å². The SMILES string of the molecule is Cc1ccc(-c2csc(NC(=O)CN(CC(=O)O)C(C)C)n2)cc1. The number of carbonyl (C=O) groups is 2. The van der Waals surface area contributed by atoms with Crippen LogP contribution in [0.15, 0.2) is 29.6 Å². The normalized spacial score (nSPS) is 11.0.